The molecule has 0 rings (SSSR count). The zero-order valence-corrected chi connectivity index (χ0v) is 30.1. The van der Waals surface area contributed by atoms with Gasteiger partial charge in [-0.25, -0.2) is 8.42 Å². The number of hydrogen-bond donors (Lipinski definition) is 0. The lowest BCUT2D eigenvalue weighted by Gasteiger charge is -2.42. The van der Waals surface area contributed by atoms with Crippen LogP contribution in [0.4, 0.5) is 74.6 Å². The Hall–Kier alpha value is -1.32. The molecule has 316 valence electrons. The van der Waals surface area contributed by atoms with Crippen LogP contribution in [0.25, 0.3) is 0 Å². The molecule has 0 atom stereocenters. The molecule has 0 saturated carbocycles. The van der Waals surface area contributed by atoms with Gasteiger partial charge in [0.05, 0.1) is 27.2 Å². The lowest BCUT2D eigenvalue weighted by molar-refractivity contribution is -0.890. The van der Waals surface area contributed by atoms with Crippen LogP contribution in [0, 0.1) is 0 Å². The maximum Gasteiger partial charge on any atom is 0.460 e. The molecule has 0 aromatic rings. The van der Waals surface area contributed by atoms with Gasteiger partial charge in [-0.3, -0.25) is 0 Å². The van der Waals surface area contributed by atoms with Gasteiger partial charge in [0, 0.05) is 0 Å². The number of hydrogen-bond acceptors (Lipinski definition) is 3. The third-order valence-electron chi connectivity index (χ3n) is 8.24. The molecule has 0 aromatic heterocycles. The highest BCUT2D eigenvalue weighted by Gasteiger charge is 2.95. The molecule has 0 aliphatic rings. The van der Waals surface area contributed by atoms with E-state index in [0.29, 0.717) is 0 Å². The van der Waals surface area contributed by atoms with E-state index in [1.54, 1.807) is 0 Å². The number of rotatable bonds is 25. The van der Waals surface area contributed by atoms with Crippen LogP contribution in [0.2, 0.25) is 0 Å². The van der Waals surface area contributed by atoms with Crippen LogP contribution in [0.5, 0.6) is 0 Å². The Kier molecular flexibility index (Phi) is 20.3. The van der Waals surface area contributed by atoms with Crippen molar-refractivity contribution in [3.63, 3.8) is 0 Å². The summed E-state index contributed by atoms with van der Waals surface area (Å²) in [5.41, 5.74) is 0. The summed E-state index contributed by atoms with van der Waals surface area (Å²) in [6.07, 6.45) is 15.1. The van der Waals surface area contributed by atoms with E-state index in [9.17, 15) is 87.6 Å². The number of unbranched alkanes of at least 4 members (excludes halogenated alkanes) is 14. The van der Waals surface area contributed by atoms with Crippen LogP contribution in [0.1, 0.15) is 117 Å². The van der Waals surface area contributed by atoms with Crippen molar-refractivity contribution in [1.29, 1.82) is 0 Å². The van der Waals surface area contributed by atoms with Gasteiger partial charge >= 0.3 is 47.0 Å². The Bertz CT molecular complexity index is 1110. The summed E-state index contributed by atoms with van der Waals surface area (Å²) < 4.78 is 245. The van der Waals surface area contributed by atoms with Crippen LogP contribution >= 0.6 is 0 Å². The molecule has 0 amide bonds. The van der Waals surface area contributed by atoms with Crippen LogP contribution in [0.3, 0.4) is 0 Å². The van der Waals surface area contributed by atoms with Gasteiger partial charge in [0.2, 0.25) is 0 Å². The molecular formula is C30H48F17NO3S. The molecule has 0 saturated heterocycles. The molecule has 0 bridgehead atoms. The first-order valence-electron chi connectivity index (χ1n) is 16.6. The van der Waals surface area contributed by atoms with Crippen molar-refractivity contribution >= 4 is 10.1 Å². The summed E-state index contributed by atoms with van der Waals surface area (Å²) in [5.74, 6) is -52.1. The smallest absolute Gasteiger partial charge is 0.460 e. The standard InChI is InChI=1S/C22H48N.C8HF17O3S/c1-5-7-9-11-13-15-17-19-21-23(3,4)22-20-18-16-14-12-10-8-6-2;9-1(10,3(13,14)5(17,18)7(21,22)23)2(11,12)4(15,16)6(19,20)8(24,25)29(26,27)28/h5-22H2,1-4H3;(H,26,27,28)/q+1;/p-1. The molecule has 0 unspecified atom stereocenters. The first-order chi connectivity index (χ1) is 23.1. The van der Waals surface area contributed by atoms with E-state index in [2.05, 4.69) is 27.9 Å². The van der Waals surface area contributed by atoms with E-state index in [4.69, 9.17) is 0 Å². The normalized spacial score (nSPS) is 14.7. The second-order valence-corrected chi connectivity index (χ2v) is 14.7. The minimum atomic E-state index is -8.92. The topological polar surface area (TPSA) is 57.2 Å². The molecule has 0 radical (unpaired) electrons. The second-order valence-electron chi connectivity index (χ2n) is 13.2. The van der Waals surface area contributed by atoms with Gasteiger partial charge in [-0.2, -0.15) is 74.6 Å². The Morgan fingerprint density at radius 3 is 0.885 bits per heavy atom. The number of halogens is 17. The van der Waals surface area contributed by atoms with Crippen LogP contribution < -0.4 is 0 Å². The van der Waals surface area contributed by atoms with E-state index < -0.39 is 57.1 Å². The van der Waals surface area contributed by atoms with Gasteiger partial charge in [-0.15, -0.1) is 0 Å². The fraction of sp³-hybridized carbons (Fsp3) is 1.00. The lowest BCUT2D eigenvalue weighted by Crippen LogP contribution is -2.75. The molecule has 0 fully saturated rings. The highest BCUT2D eigenvalue weighted by atomic mass is 32.2. The van der Waals surface area contributed by atoms with Crippen molar-refractivity contribution in [1.82, 2.24) is 0 Å². The zero-order chi connectivity index (χ0) is 41.7. The molecule has 0 N–H and O–H groups in total. The van der Waals surface area contributed by atoms with Crippen LogP contribution in [-0.2, 0) is 10.1 Å². The first kappa shape index (κ1) is 52.8. The third-order valence-corrected chi connectivity index (χ3v) is 9.13. The monoisotopic (exact) mass is 825 g/mol. The van der Waals surface area contributed by atoms with Crippen molar-refractivity contribution in [2.24, 2.45) is 0 Å². The second kappa shape index (κ2) is 20.0. The van der Waals surface area contributed by atoms with Crippen LogP contribution in [-0.4, -0.2) is 91.6 Å². The summed E-state index contributed by atoms with van der Waals surface area (Å²) in [4.78, 5) is 0. The molecule has 0 aromatic carbocycles. The van der Waals surface area contributed by atoms with Gasteiger partial charge in [-0.05, 0) is 25.7 Å². The summed E-state index contributed by atoms with van der Waals surface area (Å²) in [6, 6.07) is 0. The molecule has 0 heterocycles. The van der Waals surface area contributed by atoms with Gasteiger partial charge in [0.25, 0.3) is 0 Å². The van der Waals surface area contributed by atoms with Crippen molar-refractivity contribution < 1.29 is 92.1 Å². The summed E-state index contributed by atoms with van der Waals surface area (Å²) in [6.45, 7) is 7.36. The predicted molar refractivity (Wildman–Crippen MR) is 157 cm³/mol. The van der Waals surface area contributed by atoms with Gasteiger partial charge in [0.15, 0.2) is 10.1 Å². The summed E-state index contributed by atoms with van der Waals surface area (Å²) in [7, 11) is -3.28. The van der Waals surface area contributed by atoms with E-state index >= 15 is 0 Å². The Morgan fingerprint density at radius 2 is 0.635 bits per heavy atom. The number of nitrogens with zero attached hydrogens (tertiary/aromatic N) is 1. The van der Waals surface area contributed by atoms with E-state index in [-0.39, 0.29) is 0 Å². The largest absolute Gasteiger partial charge is 0.743 e. The number of quaternary nitrogens is 1. The maximum absolute atomic E-state index is 13.0. The zero-order valence-electron chi connectivity index (χ0n) is 29.2. The van der Waals surface area contributed by atoms with Gasteiger partial charge < -0.3 is 9.04 Å². The van der Waals surface area contributed by atoms with E-state index in [0.717, 1.165) is 0 Å². The molecule has 0 aliphatic carbocycles. The number of alkyl halides is 17. The van der Waals surface area contributed by atoms with Gasteiger partial charge in [0.1, 0.15) is 0 Å². The highest BCUT2D eigenvalue weighted by molar-refractivity contribution is 7.86. The van der Waals surface area contributed by atoms with E-state index in [1.807, 2.05) is 0 Å². The Morgan fingerprint density at radius 1 is 0.404 bits per heavy atom. The molecule has 0 spiro atoms. The van der Waals surface area contributed by atoms with Gasteiger partial charge in [-0.1, -0.05) is 90.9 Å². The SMILES string of the molecule is CCCCCCCCCC[N+](C)(C)CCCCCCCCCC.O=S(=O)([O-])C(F)(F)C(F)(F)C(F)(F)C(F)(F)C(F)(F)C(F)(F)C(F)(F)C(F)(F)F. The van der Waals surface area contributed by atoms with Crippen molar-refractivity contribution in [2.45, 2.75) is 164 Å². The fourth-order valence-electron chi connectivity index (χ4n) is 4.77. The minimum Gasteiger partial charge on any atom is -0.743 e. The molecular weight excluding hydrogens is 777 g/mol. The van der Waals surface area contributed by atoms with Crippen molar-refractivity contribution in [3.05, 3.63) is 0 Å². The average Bonchev–Trinajstić information content (AvgIpc) is 2.98. The maximum atomic E-state index is 13.0. The van der Waals surface area contributed by atoms with E-state index in [1.165, 1.54) is 120 Å². The minimum absolute atomic E-state index is 1.24. The quantitative estimate of drug-likeness (QED) is 0.0399. The molecule has 22 heteroatoms. The summed E-state index contributed by atoms with van der Waals surface area (Å²) >= 11 is 0. The molecule has 52 heavy (non-hydrogen) atoms. The van der Waals surface area contributed by atoms with Crippen molar-refractivity contribution in [2.75, 3.05) is 27.2 Å². The lowest BCUT2D eigenvalue weighted by atomic mass is 9.91. The van der Waals surface area contributed by atoms with Crippen LogP contribution in [0.15, 0.2) is 0 Å². The molecule has 0 aliphatic heterocycles. The Labute approximate surface area is 293 Å². The fourth-order valence-corrected chi connectivity index (χ4v) is 5.21. The first-order valence-corrected chi connectivity index (χ1v) is 18.0. The van der Waals surface area contributed by atoms with Crippen molar-refractivity contribution in [3.8, 4) is 0 Å². The highest BCUT2D eigenvalue weighted by Crippen LogP contribution is 2.64. The molecule has 4 nitrogen and oxygen atoms in total. The summed E-state index contributed by atoms with van der Waals surface area (Å²) in [5, 5.41) is -7.95. The average molecular weight is 826 g/mol. The predicted octanol–water partition coefficient (Wildman–Crippen LogP) is 11.8. The third kappa shape index (κ3) is 12.9. The Balaban J connectivity index is 0.